The van der Waals surface area contributed by atoms with Gasteiger partial charge < -0.3 is 25.1 Å². The lowest BCUT2D eigenvalue weighted by molar-refractivity contribution is 0.0428. The van der Waals surface area contributed by atoms with Crippen LogP contribution in [0.25, 0.3) is 0 Å². The average Bonchev–Trinajstić information content (AvgIpc) is 3.11. The summed E-state index contributed by atoms with van der Waals surface area (Å²) in [5, 5.41) is 17.2. The van der Waals surface area contributed by atoms with Crippen LogP contribution in [0.5, 0.6) is 0 Å². The smallest absolute Gasteiger partial charge is 0.191 e. The first-order valence-electron chi connectivity index (χ1n) is 9.43. The monoisotopic (exact) mass is 372 g/mol. The van der Waals surface area contributed by atoms with Crippen molar-refractivity contribution in [2.75, 3.05) is 31.6 Å². The summed E-state index contributed by atoms with van der Waals surface area (Å²) in [4.78, 5) is 6.76. The van der Waals surface area contributed by atoms with Crippen LogP contribution in [0.15, 0.2) is 51.9 Å². The van der Waals surface area contributed by atoms with Crippen LogP contribution in [-0.2, 0) is 5.60 Å². The van der Waals surface area contributed by atoms with Crippen molar-refractivity contribution in [3.63, 3.8) is 0 Å². The second-order valence-corrected chi connectivity index (χ2v) is 7.06. The van der Waals surface area contributed by atoms with Gasteiger partial charge in [-0.2, -0.15) is 0 Å². The lowest BCUT2D eigenvalue weighted by Gasteiger charge is -2.28. The highest BCUT2D eigenvalue weighted by molar-refractivity contribution is 5.79. The Kier molecular flexibility index (Phi) is 7.30. The van der Waals surface area contributed by atoms with E-state index in [9.17, 15) is 5.11 Å². The molecule has 2 aromatic rings. The SMILES string of the molecule is CCNC(=NCC(C)(O)c1ccc(C)o1)NCC(C)N(C)c1ccccc1. The number of hydrogen-bond donors (Lipinski definition) is 3. The minimum absolute atomic E-state index is 0.207. The zero-order chi connectivity index (χ0) is 19.9. The molecule has 3 N–H and O–H groups in total. The van der Waals surface area contributed by atoms with E-state index in [1.807, 2.05) is 38.1 Å². The van der Waals surface area contributed by atoms with E-state index >= 15 is 0 Å². The fourth-order valence-corrected chi connectivity index (χ4v) is 2.68. The van der Waals surface area contributed by atoms with Gasteiger partial charge in [0.2, 0.25) is 0 Å². The van der Waals surface area contributed by atoms with Crippen molar-refractivity contribution < 1.29 is 9.52 Å². The Bertz CT molecular complexity index is 725. The molecule has 1 aromatic heterocycles. The van der Waals surface area contributed by atoms with Gasteiger partial charge in [0.15, 0.2) is 5.96 Å². The summed E-state index contributed by atoms with van der Waals surface area (Å²) in [6.45, 7) is 9.42. The average molecular weight is 373 g/mol. The summed E-state index contributed by atoms with van der Waals surface area (Å²) >= 11 is 0. The van der Waals surface area contributed by atoms with Gasteiger partial charge in [0.1, 0.15) is 17.1 Å². The van der Waals surface area contributed by atoms with Gasteiger partial charge in [-0.25, -0.2) is 4.99 Å². The third kappa shape index (κ3) is 6.03. The molecule has 0 radical (unpaired) electrons. The fraction of sp³-hybridized carbons (Fsp3) is 0.476. The van der Waals surface area contributed by atoms with Crippen LogP contribution in [0, 0.1) is 6.92 Å². The topological polar surface area (TPSA) is 73.0 Å². The van der Waals surface area contributed by atoms with Crippen LogP contribution in [0.4, 0.5) is 5.69 Å². The number of nitrogens with zero attached hydrogens (tertiary/aromatic N) is 2. The van der Waals surface area contributed by atoms with Crippen LogP contribution in [0.2, 0.25) is 0 Å². The van der Waals surface area contributed by atoms with Crippen molar-refractivity contribution in [3.8, 4) is 0 Å². The number of guanidine groups is 1. The Morgan fingerprint density at radius 3 is 2.52 bits per heavy atom. The lowest BCUT2D eigenvalue weighted by atomic mass is 10.0. The molecule has 2 rings (SSSR count). The van der Waals surface area contributed by atoms with Crippen molar-refractivity contribution in [2.45, 2.75) is 39.3 Å². The molecule has 0 spiro atoms. The van der Waals surface area contributed by atoms with Crippen LogP contribution in [-0.4, -0.2) is 43.8 Å². The molecular weight excluding hydrogens is 340 g/mol. The van der Waals surface area contributed by atoms with Crippen molar-refractivity contribution in [1.82, 2.24) is 10.6 Å². The van der Waals surface area contributed by atoms with Crippen LogP contribution in [0.3, 0.4) is 0 Å². The Labute approximate surface area is 162 Å². The third-order valence-corrected chi connectivity index (χ3v) is 4.55. The Balaban J connectivity index is 1.97. The summed E-state index contributed by atoms with van der Waals surface area (Å²) in [5.41, 5.74) is 0.0214. The molecular formula is C21H32N4O2. The molecule has 0 aliphatic carbocycles. The second-order valence-electron chi connectivity index (χ2n) is 7.06. The standard InChI is InChI=1S/C21H32N4O2/c1-6-22-20(24-15-21(4,26)19-13-12-17(3)27-19)23-14-16(2)25(5)18-10-8-7-9-11-18/h7-13,16,26H,6,14-15H2,1-5H3,(H2,22,23,24). The molecule has 6 heteroatoms. The maximum absolute atomic E-state index is 10.7. The number of para-hydroxylation sites is 1. The molecule has 0 aliphatic rings. The third-order valence-electron chi connectivity index (χ3n) is 4.55. The number of furan rings is 1. The van der Waals surface area contributed by atoms with E-state index < -0.39 is 5.60 Å². The minimum atomic E-state index is -1.15. The van der Waals surface area contributed by atoms with E-state index in [4.69, 9.17) is 4.42 Å². The first-order chi connectivity index (χ1) is 12.8. The van der Waals surface area contributed by atoms with Crippen LogP contribution >= 0.6 is 0 Å². The number of benzene rings is 1. The van der Waals surface area contributed by atoms with Gasteiger partial charge >= 0.3 is 0 Å². The van der Waals surface area contributed by atoms with Gasteiger partial charge in [-0.3, -0.25) is 0 Å². The predicted molar refractivity (Wildman–Crippen MR) is 111 cm³/mol. The second kappa shape index (κ2) is 9.46. The van der Waals surface area contributed by atoms with E-state index in [0.29, 0.717) is 11.7 Å². The summed E-state index contributed by atoms with van der Waals surface area (Å²) < 4.78 is 5.55. The van der Waals surface area contributed by atoms with E-state index in [2.05, 4.69) is 46.6 Å². The molecule has 148 valence electrons. The lowest BCUT2D eigenvalue weighted by Crippen LogP contribution is -2.45. The summed E-state index contributed by atoms with van der Waals surface area (Å²) in [6.07, 6.45) is 0. The molecule has 0 fully saturated rings. The number of likely N-dealkylation sites (N-methyl/N-ethyl adjacent to an activating group) is 1. The fourth-order valence-electron chi connectivity index (χ4n) is 2.68. The highest BCUT2D eigenvalue weighted by atomic mass is 16.4. The number of hydrogen-bond acceptors (Lipinski definition) is 4. The normalized spacial score (nSPS) is 15.1. The quantitative estimate of drug-likeness (QED) is 0.491. The van der Waals surface area contributed by atoms with Crippen LogP contribution in [0.1, 0.15) is 32.3 Å². The summed E-state index contributed by atoms with van der Waals surface area (Å²) in [5.74, 6) is 1.98. The van der Waals surface area contributed by atoms with E-state index in [-0.39, 0.29) is 12.6 Å². The van der Waals surface area contributed by atoms with E-state index in [0.717, 1.165) is 18.8 Å². The molecule has 0 saturated heterocycles. The number of aliphatic hydroxyl groups is 1. The maximum Gasteiger partial charge on any atom is 0.191 e. The van der Waals surface area contributed by atoms with Crippen molar-refractivity contribution in [2.24, 2.45) is 4.99 Å². The van der Waals surface area contributed by atoms with Gasteiger partial charge in [-0.1, -0.05) is 18.2 Å². The van der Waals surface area contributed by atoms with Crippen LogP contribution < -0.4 is 15.5 Å². The van der Waals surface area contributed by atoms with Gasteiger partial charge in [0.05, 0.1) is 6.54 Å². The molecule has 0 bridgehead atoms. The first-order valence-corrected chi connectivity index (χ1v) is 9.43. The molecule has 27 heavy (non-hydrogen) atoms. The number of anilines is 1. The molecule has 0 aliphatic heterocycles. The number of nitrogens with one attached hydrogen (secondary N) is 2. The van der Waals surface area contributed by atoms with Gasteiger partial charge in [0.25, 0.3) is 0 Å². The van der Waals surface area contributed by atoms with Crippen molar-refractivity contribution >= 4 is 11.6 Å². The molecule has 1 heterocycles. The Hall–Kier alpha value is -2.47. The Morgan fingerprint density at radius 1 is 1.22 bits per heavy atom. The number of rotatable bonds is 8. The number of aryl methyl sites for hydroxylation is 1. The minimum Gasteiger partial charge on any atom is -0.463 e. The van der Waals surface area contributed by atoms with E-state index in [1.54, 1.807) is 13.0 Å². The largest absolute Gasteiger partial charge is 0.463 e. The molecule has 2 atom stereocenters. The van der Waals surface area contributed by atoms with E-state index in [1.165, 1.54) is 5.69 Å². The highest BCUT2D eigenvalue weighted by Gasteiger charge is 2.26. The van der Waals surface area contributed by atoms with Gasteiger partial charge in [-0.05, 0) is 52.0 Å². The first kappa shape index (κ1) is 20.8. The zero-order valence-corrected chi connectivity index (χ0v) is 17.0. The van der Waals surface area contributed by atoms with Crippen molar-refractivity contribution in [1.29, 1.82) is 0 Å². The molecule has 6 nitrogen and oxygen atoms in total. The predicted octanol–water partition coefficient (Wildman–Crippen LogP) is 2.88. The molecule has 0 saturated carbocycles. The summed E-state index contributed by atoms with van der Waals surface area (Å²) in [7, 11) is 2.08. The Morgan fingerprint density at radius 2 is 1.93 bits per heavy atom. The van der Waals surface area contributed by atoms with Gasteiger partial charge in [-0.15, -0.1) is 0 Å². The molecule has 1 aromatic carbocycles. The van der Waals surface area contributed by atoms with Crippen molar-refractivity contribution in [3.05, 3.63) is 54.0 Å². The molecule has 2 unspecified atom stereocenters. The summed E-state index contributed by atoms with van der Waals surface area (Å²) in [6, 6.07) is 14.2. The zero-order valence-electron chi connectivity index (χ0n) is 17.0. The highest BCUT2D eigenvalue weighted by Crippen LogP contribution is 2.23. The maximum atomic E-state index is 10.7. The number of aliphatic imine (C=N–C) groups is 1. The molecule has 0 amide bonds. The van der Waals surface area contributed by atoms with Gasteiger partial charge in [0, 0.05) is 31.9 Å².